The van der Waals surface area contributed by atoms with Gasteiger partial charge in [0.25, 0.3) is 5.91 Å². The Bertz CT molecular complexity index is 399. The fraction of sp³-hybridized carbons (Fsp3) is 0.538. The lowest BCUT2D eigenvalue weighted by Gasteiger charge is -2.28. The summed E-state index contributed by atoms with van der Waals surface area (Å²) in [7, 11) is 0. The van der Waals surface area contributed by atoms with Crippen molar-refractivity contribution in [2.45, 2.75) is 31.7 Å². The molecule has 1 fully saturated rings. The van der Waals surface area contributed by atoms with E-state index < -0.39 is 0 Å². The zero-order chi connectivity index (χ0) is 13.0. The van der Waals surface area contributed by atoms with Crippen LogP contribution in [0.5, 0.6) is 0 Å². The van der Waals surface area contributed by atoms with Crippen LogP contribution < -0.4 is 5.73 Å². The molecule has 0 saturated heterocycles. The summed E-state index contributed by atoms with van der Waals surface area (Å²) in [5.74, 6) is 0.338. The third kappa shape index (κ3) is 2.79. The van der Waals surface area contributed by atoms with E-state index in [9.17, 15) is 4.79 Å². The number of pyridine rings is 1. The number of aliphatic hydroxyl groups is 1. The van der Waals surface area contributed by atoms with E-state index in [4.69, 9.17) is 10.8 Å². The summed E-state index contributed by atoms with van der Waals surface area (Å²) >= 11 is 0. The molecule has 0 aromatic carbocycles. The molecule has 1 amide bonds. The van der Waals surface area contributed by atoms with Crippen molar-refractivity contribution >= 4 is 11.7 Å². The van der Waals surface area contributed by atoms with Crippen molar-refractivity contribution in [3.05, 3.63) is 23.9 Å². The summed E-state index contributed by atoms with van der Waals surface area (Å²) in [6.07, 6.45) is 5.85. The van der Waals surface area contributed by atoms with Crippen LogP contribution in [0.4, 0.5) is 5.82 Å². The highest BCUT2D eigenvalue weighted by Gasteiger charge is 2.26. The molecule has 5 nitrogen and oxygen atoms in total. The van der Waals surface area contributed by atoms with E-state index in [-0.39, 0.29) is 18.6 Å². The van der Waals surface area contributed by atoms with Crippen molar-refractivity contribution in [3.63, 3.8) is 0 Å². The largest absolute Gasteiger partial charge is 0.395 e. The monoisotopic (exact) mass is 249 g/mol. The van der Waals surface area contributed by atoms with Gasteiger partial charge < -0.3 is 15.7 Å². The maximum Gasteiger partial charge on any atom is 0.255 e. The Labute approximate surface area is 107 Å². The number of carbonyl (C=O) groups excluding carboxylic acids is 1. The van der Waals surface area contributed by atoms with Crippen LogP contribution in [0.15, 0.2) is 18.3 Å². The third-order valence-corrected chi connectivity index (χ3v) is 3.40. The van der Waals surface area contributed by atoms with Crippen molar-refractivity contribution in [1.29, 1.82) is 0 Å². The lowest BCUT2D eigenvalue weighted by atomic mass is 10.1. The van der Waals surface area contributed by atoms with Crippen LogP contribution in [0.2, 0.25) is 0 Å². The van der Waals surface area contributed by atoms with Gasteiger partial charge in [0.05, 0.1) is 12.2 Å². The minimum atomic E-state index is -0.0662. The Morgan fingerprint density at radius 1 is 1.44 bits per heavy atom. The van der Waals surface area contributed by atoms with Crippen molar-refractivity contribution in [2.75, 3.05) is 18.9 Å². The molecule has 2 rings (SSSR count). The highest BCUT2D eigenvalue weighted by molar-refractivity contribution is 5.94. The number of anilines is 1. The quantitative estimate of drug-likeness (QED) is 0.835. The zero-order valence-corrected chi connectivity index (χ0v) is 10.4. The van der Waals surface area contributed by atoms with Gasteiger partial charge in [-0.25, -0.2) is 4.98 Å². The fourth-order valence-electron chi connectivity index (χ4n) is 2.47. The Morgan fingerprint density at radius 3 is 2.72 bits per heavy atom. The highest BCUT2D eigenvalue weighted by atomic mass is 16.3. The fourth-order valence-corrected chi connectivity index (χ4v) is 2.47. The first-order valence-electron chi connectivity index (χ1n) is 6.35. The first-order chi connectivity index (χ1) is 8.72. The van der Waals surface area contributed by atoms with Crippen molar-refractivity contribution < 1.29 is 9.90 Å². The highest BCUT2D eigenvalue weighted by Crippen LogP contribution is 2.24. The van der Waals surface area contributed by atoms with Crippen LogP contribution >= 0.6 is 0 Å². The maximum absolute atomic E-state index is 12.4. The number of hydrogen-bond donors (Lipinski definition) is 2. The predicted molar refractivity (Wildman–Crippen MR) is 69.0 cm³/mol. The zero-order valence-electron chi connectivity index (χ0n) is 10.4. The molecule has 98 valence electrons. The number of amides is 1. The van der Waals surface area contributed by atoms with Crippen molar-refractivity contribution in [1.82, 2.24) is 9.88 Å². The molecule has 0 atom stereocenters. The molecular weight excluding hydrogens is 230 g/mol. The predicted octanol–water partition coefficient (Wildman–Crippen LogP) is 1.04. The molecule has 1 saturated carbocycles. The third-order valence-electron chi connectivity index (χ3n) is 3.40. The van der Waals surface area contributed by atoms with E-state index in [1.807, 2.05) is 0 Å². The summed E-state index contributed by atoms with van der Waals surface area (Å²) in [5, 5.41) is 9.11. The van der Waals surface area contributed by atoms with Gasteiger partial charge in [-0.15, -0.1) is 0 Å². The van der Waals surface area contributed by atoms with Gasteiger partial charge in [-0.1, -0.05) is 12.8 Å². The Kier molecular flexibility index (Phi) is 4.15. The minimum Gasteiger partial charge on any atom is -0.395 e. The number of carbonyl (C=O) groups is 1. The van der Waals surface area contributed by atoms with Crippen LogP contribution in [0.3, 0.4) is 0 Å². The molecule has 5 heteroatoms. The number of aromatic nitrogens is 1. The average Bonchev–Trinajstić information content (AvgIpc) is 2.90. The second-order valence-corrected chi connectivity index (χ2v) is 4.63. The molecule has 1 aromatic heterocycles. The Balaban J connectivity index is 2.14. The summed E-state index contributed by atoms with van der Waals surface area (Å²) in [4.78, 5) is 18.1. The molecule has 1 aliphatic carbocycles. The van der Waals surface area contributed by atoms with Gasteiger partial charge >= 0.3 is 0 Å². The van der Waals surface area contributed by atoms with Crippen LogP contribution in [0, 0.1) is 0 Å². The molecule has 0 radical (unpaired) electrons. The molecule has 3 N–H and O–H groups in total. The summed E-state index contributed by atoms with van der Waals surface area (Å²) in [6.45, 7) is 0.374. The summed E-state index contributed by atoms with van der Waals surface area (Å²) < 4.78 is 0. The normalized spacial score (nSPS) is 15.8. The molecular formula is C13H19N3O2. The molecule has 1 heterocycles. The molecule has 0 aliphatic heterocycles. The standard InChI is InChI=1S/C13H19N3O2/c14-12-6-5-10(9-15-12)13(18)16(7-8-17)11-3-1-2-4-11/h5-6,9,11,17H,1-4,7-8H2,(H2,14,15). The molecule has 0 spiro atoms. The summed E-state index contributed by atoms with van der Waals surface area (Å²) in [5.41, 5.74) is 6.04. The SMILES string of the molecule is Nc1ccc(C(=O)N(CCO)C2CCCC2)cn1. The second-order valence-electron chi connectivity index (χ2n) is 4.63. The van der Waals surface area contributed by atoms with Gasteiger partial charge in [-0.2, -0.15) is 0 Å². The van der Waals surface area contributed by atoms with Crippen LogP contribution in [-0.4, -0.2) is 40.1 Å². The smallest absolute Gasteiger partial charge is 0.255 e. The molecule has 0 bridgehead atoms. The first-order valence-corrected chi connectivity index (χ1v) is 6.35. The van der Waals surface area contributed by atoms with Gasteiger partial charge in [0, 0.05) is 18.8 Å². The lowest BCUT2D eigenvalue weighted by Crippen LogP contribution is -2.40. The number of nitrogen functional groups attached to an aromatic ring is 1. The van der Waals surface area contributed by atoms with Crippen LogP contribution in [0.1, 0.15) is 36.0 Å². The molecule has 0 unspecified atom stereocenters. The van der Waals surface area contributed by atoms with Gasteiger partial charge in [-0.05, 0) is 25.0 Å². The Hall–Kier alpha value is -1.62. The molecule has 18 heavy (non-hydrogen) atoms. The lowest BCUT2D eigenvalue weighted by molar-refractivity contribution is 0.0637. The average molecular weight is 249 g/mol. The van der Waals surface area contributed by atoms with E-state index in [1.54, 1.807) is 17.0 Å². The van der Waals surface area contributed by atoms with Crippen molar-refractivity contribution in [2.24, 2.45) is 0 Å². The molecule has 1 aliphatic rings. The number of nitrogens with zero attached hydrogens (tertiary/aromatic N) is 2. The number of rotatable bonds is 4. The van der Waals surface area contributed by atoms with Gasteiger partial charge in [0.1, 0.15) is 5.82 Å². The van der Waals surface area contributed by atoms with Gasteiger partial charge in [0.2, 0.25) is 0 Å². The topological polar surface area (TPSA) is 79.5 Å². The van der Waals surface area contributed by atoms with Crippen LogP contribution in [-0.2, 0) is 0 Å². The maximum atomic E-state index is 12.4. The van der Waals surface area contributed by atoms with Gasteiger partial charge in [0.15, 0.2) is 0 Å². The van der Waals surface area contributed by atoms with E-state index in [2.05, 4.69) is 4.98 Å². The second kappa shape index (κ2) is 5.82. The molecule has 1 aromatic rings. The van der Waals surface area contributed by atoms with E-state index in [0.29, 0.717) is 17.9 Å². The van der Waals surface area contributed by atoms with Crippen molar-refractivity contribution in [3.8, 4) is 0 Å². The first kappa shape index (κ1) is 12.8. The summed E-state index contributed by atoms with van der Waals surface area (Å²) in [6, 6.07) is 3.56. The number of aliphatic hydroxyl groups excluding tert-OH is 1. The number of nitrogens with two attached hydrogens (primary N) is 1. The Morgan fingerprint density at radius 2 is 2.17 bits per heavy atom. The van der Waals surface area contributed by atoms with E-state index in [1.165, 1.54) is 6.20 Å². The van der Waals surface area contributed by atoms with Gasteiger partial charge in [-0.3, -0.25) is 4.79 Å². The van der Waals surface area contributed by atoms with E-state index >= 15 is 0 Å². The number of hydrogen-bond acceptors (Lipinski definition) is 4. The minimum absolute atomic E-state index is 0.00928. The van der Waals surface area contributed by atoms with E-state index in [0.717, 1.165) is 25.7 Å². The van der Waals surface area contributed by atoms with Crippen LogP contribution in [0.25, 0.3) is 0 Å².